The van der Waals surface area contributed by atoms with E-state index in [1.54, 1.807) is 12.1 Å². The molecule has 1 aromatic carbocycles. The van der Waals surface area contributed by atoms with Crippen LogP contribution in [0.2, 0.25) is 0 Å². The molecule has 0 bridgehead atoms. The predicted molar refractivity (Wildman–Crippen MR) is 79.4 cm³/mol. The zero-order valence-corrected chi connectivity index (χ0v) is 13.0. The van der Waals surface area contributed by atoms with E-state index in [0.29, 0.717) is 6.32 Å². The van der Waals surface area contributed by atoms with Gasteiger partial charge in [0.05, 0.1) is 23.2 Å². The summed E-state index contributed by atoms with van der Waals surface area (Å²) >= 11 is 0. The minimum Gasteiger partial charge on any atom is -0.490 e. The highest BCUT2D eigenvalue weighted by Gasteiger charge is 2.50. The second-order valence-electron chi connectivity index (χ2n) is 6.15. The van der Waals surface area contributed by atoms with Gasteiger partial charge < -0.3 is 14.0 Å². The van der Waals surface area contributed by atoms with Gasteiger partial charge in [0.25, 0.3) is 0 Å². The van der Waals surface area contributed by atoms with E-state index in [9.17, 15) is 10.1 Å². The summed E-state index contributed by atoms with van der Waals surface area (Å²) in [4.78, 5) is 10.6. The molecule has 6 nitrogen and oxygen atoms in total. The third-order valence-corrected chi connectivity index (χ3v) is 4.14. The van der Waals surface area contributed by atoms with Crippen LogP contribution in [0, 0.1) is 10.1 Å². The second kappa shape index (κ2) is 5.31. The summed E-state index contributed by atoms with van der Waals surface area (Å²) in [6.45, 7) is 7.90. The Morgan fingerprint density at radius 1 is 1.24 bits per heavy atom. The first-order valence-electron chi connectivity index (χ1n) is 6.83. The maximum atomic E-state index is 11.0. The van der Waals surface area contributed by atoms with Crippen molar-refractivity contribution in [1.29, 1.82) is 0 Å². The molecular weight excluding hydrogens is 273 g/mol. The van der Waals surface area contributed by atoms with Gasteiger partial charge in [-0.3, -0.25) is 10.1 Å². The van der Waals surface area contributed by atoms with E-state index in [2.05, 4.69) is 0 Å². The number of nitro benzene ring substituents is 1. The van der Waals surface area contributed by atoms with Gasteiger partial charge in [-0.05, 0) is 39.3 Å². The third-order valence-electron chi connectivity index (χ3n) is 4.14. The molecule has 7 heteroatoms. The van der Waals surface area contributed by atoms with E-state index in [-0.39, 0.29) is 11.4 Å². The lowest BCUT2D eigenvalue weighted by Crippen LogP contribution is -2.41. The molecule has 1 heterocycles. The summed E-state index contributed by atoms with van der Waals surface area (Å²) in [5, 5.41) is 11.0. The minimum atomic E-state index is -0.452. The lowest BCUT2D eigenvalue weighted by atomic mass is 9.80. The van der Waals surface area contributed by atoms with Crippen molar-refractivity contribution in [3.63, 3.8) is 0 Å². The van der Waals surface area contributed by atoms with E-state index in [4.69, 9.17) is 14.0 Å². The highest BCUT2D eigenvalue weighted by Crippen LogP contribution is 2.38. The van der Waals surface area contributed by atoms with Crippen molar-refractivity contribution in [2.24, 2.45) is 0 Å². The zero-order chi connectivity index (χ0) is 15.8. The van der Waals surface area contributed by atoms with Crippen LogP contribution in [0.1, 0.15) is 33.3 Å². The van der Waals surface area contributed by atoms with Crippen molar-refractivity contribution in [3.05, 3.63) is 33.9 Å². The molecule has 1 fully saturated rings. The predicted octanol–water partition coefficient (Wildman–Crippen LogP) is 2.78. The summed E-state index contributed by atoms with van der Waals surface area (Å²) in [5.41, 5.74) is -0.0842. The average Bonchev–Trinajstić information content (AvgIpc) is 2.57. The zero-order valence-electron chi connectivity index (χ0n) is 13.0. The fourth-order valence-corrected chi connectivity index (χ4v) is 2.25. The molecule has 1 aliphatic heterocycles. The highest BCUT2D eigenvalue weighted by molar-refractivity contribution is 6.45. The second-order valence-corrected chi connectivity index (χ2v) is 6.15. The molecule has 0 radical (unpaired) electrons. The number of methoxy groups -OCH3 is 1. The van der Waals surface area contributed by atoms with Crippen LogP contribution in [-0.4, -0.2) is 30.4 Å². The van der Waals surface area contributed by atoms with Crippen LogP contribution in [-0.2, 0) is 15.6 Å². The quantitative estimate of drug-likeness (QED) is 0.485. The molecule has 114 valence electrons. The van der Waals surface area contributed by atoms with Crippen molar-refractivity contribution in [3.8, 4) is 5.75 Å². The molecular formula is C14H20BNO5. The minimum absolute atomic E-state index is 0.0495. The standard InChI is InChI=1S/C14H20BNO5/c1-13(2)14(3,4)21-15(20-13)9-10-6-7-12(19-5)11(8-10)16(17)18/h6-8H,9H2,1-5H3. The van der Waals surface area contributed by atoms with E-state index < -0.39 is 23.2 Å². The molecule has 0 saturated carbocycles. The molecule has 0 aromatic heterocycles. The Morgan fingerprint density at radius 3 is 2.29 bits per heavy atom. The van der Waals surface area contributed by atoms with E-state index in [0.717, 1.165) is 5.56 Å². The number of nitro groups is 1. The Balaban J connectivity index is 2.18. The molecule has 0 spiro atoms. The number of nitrogens with zero attached hydrogens (tertiary/aromatic N) is 1. The first-order valence-corrected chi connectivity index (χ1v) is 6.83. The summed E-state index contributed by atoms with van der Waals surface area (Å²) in [6.07, 6.45) is 0.456. The number of rotatable bonds is 4. The van der Waals surface area contributed by atoms with Crippen molar-refractivity contribution in [2.45, 2.75) is 45.2 Å². The van der Waals surface area contributed by atoms with Crippen molar-refractivity contribution in [2.75, 3.05) is 7.11 Å². The Hall–Kier alpha value is -1.60. The van der Waals surface area contributed by atoms with Crippen LogP contribution in [0.25, 0.3) is 0 Å². The maximum absolute atomic E-state index is 11.0. The molecule has 0 unspecified atom stereocenters. The SMILES string of the molecule is COc1ccc(CB2OC(C)(C)C(C)(C)O2)cc1[N+](=O)[O-]. The van der Waals surface area contributed by atoms with Crippen molar-refractivity contribution < 1.29 is 19.0 Å². The molecule has 0 aliphatic carbocycles. The van der Waals surface area contributed by atoms with Gasteiger partial charge in [-0.1, -0.05) is 6.07 Å². The number of benzene rings is 1. The Labute approximate surface area is 124 Å². The van der Waals surface area contributed by atoms with Gasteiger partial charge in [0.1, 0.15) is 0 Å². The lowest BCUT2D eigenvalue weighted by Gasteiger charge is -2.32. The van der Waals surface area contributed by atoms with Gasteiger partial charge in [0, 0.05) is 12.4 Å². The normalized spacial score (nSPS) is 19.6. The first-order chi connectivity index (χ1) is 9.66. The van der Waals surface area contributed by atoms with Crippen LogP contribution in [0.15, 0.2) is 18.2 Å². The summed E-state index contributed by atoms with van der Waals surface area (Å²) < 4.78 is 16.8. The van der Waals surface area contributed by atoms with Gasteiger partial charge in [0.2, 0.25) is 0 Å². The Bertz CT molecular complexity index is 542. The monoisotopic (exact) mass is 293 g/mol. The van der Waals surface area contributed by atoms with Crippen LogP contribution >= 0.6 is 0 Å². The number of hydrogen-bond donors (Lipinski definition) is 0. The molecule has 2 rings (SSSR count). The fraction of sp³-hybridized carbons (Fsp3) is 0.571. The third kappa shape index (κ3) is 3.03. The van der Waals surface area contributed by atoms with Crippen LogP contribution < -0.4 is 4.74 Å². The van der Waals surface area contributed by atoms with Crippen LogP contribution in [0.3, 0.4) is 0 Å². The first kappa shape index (κ1) is 15.8. The molecule has 21 heavy (non-hydrogen) atoms. The maximum Gasteiger partial charge on any atom is 0.462 e. The summed E-state index contributed by atoms with van der Waals surface area (Å²) in [5.74, 6) is 0.248. The van der Waals surface area contributed by atoms with E-state index >= 15 is 0 Å². The molecule has 1 aromatic rings. The fourth-order valence-electron chi connectivity index (χ4n) is 2.25. The summed E-state index contributed by atoms with van der Waals surface area (Å²) in [7, 11) is 0.999. The van der Waals surface area contributed by atoms with Gasteiger partial charge >= 0.3 is 12.8 Å². The smallest absolute Gasteiger partial charge is 0.462 e. The molecule has 0 N–H and O–H groups in total. The number of hydrogen-bond acceptors (Lipinski definition) is 5. The van der Waals surface area contributed by atoms with Crippen molar-refractivity contribution >= 4 is 12.8 Å². The molecule has 1 aliphatic rings. The molecule has 1 saturated heterocycles. The average molecular weight is 293 g/mol. The molecule has 0 atom stereocenters. The number of ether oxygens (including phenoxy) is 1. The summed E-state index contributed by atoms with van der Waals surface area (Å²) in [6, 6.07) is 4.89. The Morgan fingerprint density at radius 2 is 1.81 bits per heavy atom. The van der Waals surface area contributed by atoms with Gasteiger partial charge in [0.15, 0.2) is 5.75 Å². The van der Waals surface area contributed by atoms with Crippen LogP contribution in [0.5, 0.6) is 5.75 Å². The van der Waals surface area contributed by atoms with Crippen molar-refractivity contribution in [1.82, 2.24) is 0 Å². The highest BCUT2D eigenvalue weighted by atomic mass is 16.7. The largest absolute Gasteiger partial charge is 0.490 e. The lowest BCUT2D eigenvalue weighted by molar-refractivity contribution is -0.385. The van der Waals surface area contributed by atoms with E-state index in [1.807, 2.05) is 27.7 Å². The van der Waals surface area contributed by atoms with Gasteiger partial charge in [-0.25, -0.2) is 0 Å². The molecule has 0 amide bonds. The van der Waals surface area contributed by atoms with Crippen LogP contribution in [0.4, 0.5) is 5.69 Å². The van der Waals surface area contributed by atoms with Gasteiger partial charge in [-0.2, -0.15) is 0 Å². The Kier molecular flexibility index (Phi) is 3.99. The van der Waals surface area contributed by atoms with Gasteiger partial charge in [-0.15, -0.1) is 0 Å². The topological polar surface area (TPSA) is 70.8 Å². The van der Waals surface area contributed by atoms with E-state index in [1.165, 1.54) is 13.2 Å².